The van der Waals surface area contributed by atoms with E-state index in [1.807, 2.05) is 13.8 Å². The van der Waals surface area contributed by atoms with Gasteiger partial charge >= 0.3 is 29.8 Å². The molecule has 0 saturated heterocycles. The minimum Gasteiger partial charge on any atom is -0.469 e. The van der Waals surface area contributed by atoms with Crippen LogP contribution in [0.2, 0.25) is 0 Å². The van der Waals surface area contributed by atoms with Crippen LogP contribution in [0.25, 0.3) is 0 Å². The average molecular weight is 771 g/mol. The summed E-state index contributed by atoms with van der Waals surface area (Å²) >= 11 is 0. The van der Waals surface area contributed by atoms with Crippen molar-refractivity contribution in [1.82, 2.24) is 0 Å². The number of ether oxygens (including phenoxy) is 5. The molecule has 0 aliphatic heterocycles. The third kappa shape index (κ3) is 8.37. The van der Waals surface area contributed by atoms with Gasteiger partial charge in [-0.05, 0) is 146 Å². The van der Waals surface area contributed by atoms with Crippen molar-refractivity contribution < 1.29 is 52.5 Å². The van der Waals surface area contributed by atoms with Crippen molar-refractivity contribution in [2.24, 2.45) is 51.8 Å². The summed E-state index contributed by atoms with van der Waals surface area (Å²) in [5.41, 5.74) is -3.25. The number of hydrogen-bond acceptors (Lipinski definition) is 11. The molecule has 11 heteroatoms. The van der Waals surface area contributed by atoms with Crippen LogP contribution in [0.4, 0.5) is 0 Å². The summed E-state index contributed by atoms with van der Waals surface area (Å²) in [7, 11) is 2.77. The number of Topliss-reactive ketones (excluding diaryl/α,β-unsaturated/α-hetero) is 1. The van der Waals surface area contributed by atoms with Gasteiger partial charge in [0.15, 0.2) is 0 Å². The Morgan fingerprint density at radius 2 is 1.24 bits per heavy atom. The van der Waals surface area contributed by atoms with Crippen LogP contribution in [0.15, 0.2) is 0 Å². The molecule has 9 aliphatic rings. The molecule has 9 aliphatic carbocycles. The van der Waals surface area contributed by atoms with Crippen LogP contribution < -0.4 is 0 Å². The fourth-order valence-corrected chi connectivity index (χ4v) is 12.5. The fraction of sp³-hybridized carbons (Fsp3) is 0.864. The highest BCUT2D eigenvalue weighted by Gasteiger charge is 2.63. The molecule has 0 spiro atoms. The summed E-state index contributed by atoms with van der Waals surface area (Å²) in [6, 6.07) is 0. The highest BCUT2D eigenvalue weighted by molar-refractivity contribution is 5.85. The zero-order valence-electron chi connectivity index (χ0n) is 34.5. The minimum absolute atomic E-state index is 0.00151. The van der Waals surface area contributed by atoms with Crippen LogP contribution in [0, 0.1) is 51.8 Å². The highest BCUT2D eigenvalue weighted by atomic mass is 16.6. The normalized spacial score (nSPS) is 38.7. The molecule has 0 aromatic carbocycles. The fourth-order valence-electron chi connectivity index (χ4n) is 12.5. The molecule has 11 nitrogen and oxygen atoms in total. The number of hydrogen-bond donors (Lipinski definition) is 0. The lowest BCUT2D eigenvalue weighted by Crippen LogP contribution is -2.60. The van der Waals surface area contributed by atoms with Crippen LogP contribution >= 0.6 is 0 Å². The van der Waals surface area contributed by atoms with Gasteiger partial charge in [-0.1, -0.05) is 13.8 Å². The largest absolute Gasteiger partial charge is 0.469 e. The van der Waals surface area contributed by atoms with E-state index in [0.29, 0.717) is 55.8 Å². The first-order chi connectivity index (χ1) is 25.9. The summed E-state index contributed by atoms with van der Waals surface area (Å²) in [6.45, 7) is 9.43. The Kier molecular flexibility index (Phi) is 11.9. The minimum atomic E-state index is -0.903. The van der Waals surface area contributed by atoms with Crippen molar-refractivity contribution in [2.75, 3.05) is 14.2 Å². The molecular weight excluding hydrogens is 704 g/mol. The van der Waals surface area contributed by atoms with Gasteiger partial charge in [-0.2, -0.15) is 0 Å². The molecule has 0 aromatic rings. The van der Waals surface area contributed by atoms with Gasteiger partial charge in [0, 0.05) is 19.3 Å². The third-order valence-electron chi connectivity index (χ3n) is 15.6. The average Bonchev–Trinajstić information content (AvgIpc) is 3.12. The number of rotatable bonds is 12. The second kappa shape index (κ2) is 15.8. The highest BCUT2D eigenvalue weighted by Crippen LogP contribution is 2.63. The van der Waals surface area contributed by atoms with Crippen molar-refractivity contribution in [3.63, 3.8) is 0 Å². The second-order valence-electron chi connectivity index (χ2n) is 19.7. The van der Waals surface area contributed by atoms with Crippen LogP contribution in [0.5, 0.6) is 0 Å². The molecule has 9 saturated carbocycles. The SMILES string of the molecule is CCC(C)(CC(=O)OC1(C)C2CC3CC(C2)CC1C3)C(=O)OC1CCCC(=O)C1.CCC(C)(CC(=O)OC12CC3CC(C1)CC(C(=O)OC)(C3)C2)C(=O)OC. The van der Waals surface area contributed by atoms with E-state index < -0.39 is 27.8 Å². The first-order valence-corrected chi connectivity index (χ1v) is 21.2. The molecule has 9 fully saturated rings. The van der Waals surface area contributed by atoms with Crippen LogP contribution in [0.3, 0.4) is 0 Å². The molecular formula is C44H66O11. The Hall–Kier alpha value is -2.98. The summed E-state index contributed by atoms with van der Waals surface area (Å²) in [6.07, 6.45) is 14.1. The first-order valence-electron chi connectivity index (χ1n) is 21.2. The first kappa shape index (κ1) is 41.6. The Bertz CT molecular complexity index is 1470. The Labute approximate surface area is 327 Å². The molecule has 0 heterocycles. The van der Waals surface area contributed by atoms with Crippen LogP contribution in [0.1, 0.15) is 157 Å². The van der Waals surface area contributed by atoms with Crippen LogP contribution in [-0.2, 0) is 52.5 Å². The van der Waals surface area contributed by atoms with Crippen molar-refractivity contribution in [3.05, 3.63) is 0 Å². The number of ketones is 1. The van der Waals surface area contributed by atoms with Crippen molar-refractivity contribution in [3.8, 4) is 0 Å². The molecule has 0 radical (unpaired) electrons. The number of esters is 5. The zero-order chi connectivity index (χ0) is 40.0. The smallest absolute Gasteiger partial charge is 0.312 e. The van der Waals surface area contributed by atoms with E-state index in [1.165, 1.54) is 46.3 Å². The standard InChI is InChI=1S/C24H36O5.C20H30O6/c1-4-23(2,22(27)28-20-7-5-6-19(25)13-20)14-21(26)29-24(3)17-9-15-8-16(11-17)12-18(24)10-15;1-5-18(2,16(22)24-3)11-15(21)26-20-9-13-6-14(10-20)8-19(7-13,12-20)17(23)25-4/h15-18,20H,4-14H2,1-3H3;13-14H,5-12H2,1-4H3. The van der Waals surface area contributed by atoms with Gasteiger partial charge in [0.25, 0.3) is 0 Å². The van der Waals surface area contributed by atoms with Gasteiger partial charge < -0.3 is 23.7 Å². The molecule has 9 rings (SSSR count). The van der Waals surface area contributed by atoms with E-state index in [9.17, 15) is 28.8 Å². The molecule has 55 heavy (non-hydrogen) atoms. The quantitative estimate of drug-likeness (QED) is 0.143. The summed E-state index contributed by atoms with van der Waals surface area (Å²) < 4.78 is 27.8. The van der Waals surface area contributed by atoms with Crippen molar-refractivity contribution >= 4 is 35.6 Å². The van der Waals surface area contributed by atoms with Gasteiger partial charge in [0.05, 0.1) is 43.3 Å². The Morgan fingerprint density at radius 3 is 1.75 bits per heavy atom. The summed E-state index contributed by atoms with van der Waals surface area (Å²) in [5.74, 6) is 1.95. The molecule has 0 amide bonds. The molecule has 308 valence electrons. The maximum atomic E-state index is 13.0. The summed E-state index contributed by atoms with van der Waals surface area (Å²) in [4.78, 5) is 74.8. The lowest BCUT2D eigenvalue weighted by Gasteiger charge is -2.59. The van der Waals surface area contributed by atoms with Crippen molar-refractivity contribution in [2.45, 2.75) is 174 Å². The van der Waals surface area contributed by atoms with E-state index in [2.05, 4.69) is 6.92 Å². The molecule has 8 bridgehead atoms. The molecule has 0 N–H and O–H groups in total. The molecule has 5 atom stereocenters. The second-order valence-corrected chi connectivity index (χ2v) is 19.7. The number of methoxy groups -OCH3 is 2. The number of carbonyl (C=O) groups is 6. The third-order valence-corrected chi connectivity index (χ3v) is 15.6. The van der Waals surface area contributed by atoms with E-state index in [-0.39, 0.29) is 54.2 Å². The maximum Gasteiger partial charge on any atom is 0.312 e. The lowest BCUT2D eigenvalue weighted by molar-refractivity contribution is -0.213. The summed E-state index contributed by atoms with van der Waals surface area (Å²) in [5, 5.41) is 0. The molecule has 0 aromatic heterocycles. The Balaban J connectivity index is 0.000000188. The number of carbonyl (C=O) groups excluding carboxylic acids is 6. The van der Waals surface area contributed by atoms with Gasteiger partial charge in [-0.15, -0.1) is 0 Å². The zero-order valence-corrected chi connectivity index (χ0v) is 34.5. The van der Waals surface area contributed by atoms with Gasteiger partial charge in [0.1, 0.15) is 23.1 Å². The monoisotopic (exact) mass is 770 g/mol. The van der Waals surface area contributed by atoms with Gasteiger partial charge in [-0.3, -0.25) is 28.8 Å². The Morgan fingerprint density at radius 1 is 0.709 bits per heavy atom. The van der Waals surface area contributed by atoms with Crippen LogP contribution in [-0.4, -0.2) is 67.2 Å². The van der Waals surface area contributed by atoms with E-state index in [0.717, 1.165) is 56.8 Å². The van der Waals surface area contributed by atoms with Gasteiger partial charge in [0.2, 0.25) is 0 Å². The molecule has 5 unspecified atom stereocenters. The van der Waals surface area contributed by atoms with E-state index in [1.54, 1.807) is 13.8 Å². The maximum absolute atomic E-state index is 13.0. The van der Waals surface area contributed by atoms with Crippen molar-refractivity contribution in [1.29, 1.82) is 0 Å². The topological polar surface area (TPSA) is 149 Å². The van der Waals surface area contributed by atoms with Gasteiger partial charge in [-0.25, -0.2) is 0 Å². The predicted octanol–water partition coefficient (Wildman–Crippen LogP) is 7.63. The lowest BCUT2D eigenvalue weighted by atomic mass is 9.48. The predicted molar refractivity (Wildman–Crippen MR) is 201 cm³/mol. The van der Waals surface area contributed by atoms with E-state index in [4.69, 9.17) is 23.7 Å². The van der Waals surface area contributed by atoms with E-state index >= 15 is 0 Å².